The monoisotopic (exact) mass is 270 g/mol. The van der Waals surface area contributed by atoms with Crippen molar-refractivity contribution in [2.45, 2.75) is 19.4 Å². The second kappa shape index (κ2) is 5.16. The molecular weight excluding hydrogens is 252 g/mol. The fourth-order valence-corrected chi connectivity index (χ4v) is 3.70. The molecule has 1 aromatic rings. The second-order valence-corrected chi connectivity index (χ2v) is 6.52. The van der Waals surface area contributed by atoms with Gasteiger partial charge in [0, 0.05) is 24.3 Å². The van der Waals surface area contributed by atoms with Crippen LogP contribution in [-0.4, -0.2) is 32.1 Å². The maximum Gasteiger partial charge on any atom is 0.214 e. The minimum atomic E-state index is -3.12. The molecule has 0 aromatic heterocycles. The van der Waals surface area contributed by atoms with Crippen LogP contribution in [0.3, 0.4) is 0 Å². The molecule has 0 unspecified atom stereocenters. The van der Waals surface area contributed by atoms with Gasteiger partial charge in [-0.2, -0.15) is 4.31 Å². The molecule has 0 atom stereocenters. The summed E-state index contributed by atoms with van der Waals surface area (Å²) < 4.78 is 30.6. The molecular formula is C12H18N2O3S. The molecule has 5 nitrogen and oxygen atoms in total. The number of methoxy groups -OCH3 is 1. The van der Waals surface area contributed by atoms with Gasteiger partial charge < -0.3 is 10.5 Å². The standard InChI is InChI=1S/C12H18N2O3S/c1-17-12-5-4-11(13)8-10(12)9-14-6-2-3-7-18(14,15)16/h4-5,8H,2-3,6-7,9,13H2,1H3. The summed E-state index contributed by atoms with van der Waals surface area (Å²) in [5.74, 6) is 0.905. The quantitative estimate of drug-likeness (QED) is 0.838. The molecule has 1 saturated heterocycles. The molecule has 2 rings (SSSR count). The molecule has 100 valence electrons. The third kappa shape index (κ3) is 2.76. The zero-order valence-electron chi connectivity index (χ0n) is 10.4. The topological polar surface area (TPSA) is 72.6 Å². The van der Waals surface area contributed by atoms with Crippen molar-refractivity contribution in [2.75, 3.05) is 25.1 Å². The summed E-state index contributed by atoms with van der Waals surface area (Å²) in [6, 6.07) is 5.28. The Labute approximate surface area is 108 Å². The highest BCUT2D eigenvalue weighted by Gasteiger charge is 2.26. The van der Waals surface area contributed by atoms with Gasteiger partial charge in [-0.25, -0.2) is 8.42 Å². The highest BCUT2D eigenvalue weighted by Crippen LogP contribution is 2.25. The van der Waals surface area contributed by atoms with Crippen molar-refractivity contribution in [1.29, 1.82) is 0 Å². The molecule has 1 heterocycles. The van der Waals surface area contributed by atoms with Crippen LogP contribution in [-0.2, 0) is 16.6 Å². The smallest absolute Gasteiger partial charge is 0.214 e. The van der Waals surface area contributed by atoms with E-state index in [0.29, 0.717) is 24.5 Å². The average Bonchev–Trinajstić information content (AvgIpc) is 2.32. The van der Waals surface area contributed by atoms with Crippen LogP contribution in [0.2, 0.25) is 0 Å². The number of sulfonamides is 1. The minimum Gasteiger partial charge on any atom is -0.496 e. The van der Waals surface area contributed by atoms with Gasteiger partial charge in [0.05, 0.1) is 12.9 Å². The lowest BCUT2D eigenvalue weighted by Crippen LogP contribution is -2.37. The zero-order chi connectivity index (χ0) is 13.2. The first-order valence-corrected chi connectivity index (χ1v) is 7.54. The van der Waals surface area contributed by atoms with Gasteiger partial charge in [0.15, 0.2) is 0 Å². The Bertz CT molecular complexity index is 528. The van der Waals surface area contributed by atoms with Crippen LogP contribution in [0.5, 0.6) is 5.75 Å². The zero-order valence-corrected chi connectivity index (χ0v) is 11.2. The van der Waals surface area contributed by atoms with Crippen molar-refractivity contribution >= 4 is 15.7 Å². The number of nitrogens with zero attached hydrogens (tertiary/aromatic N) is 1. The van der Waals surface area contributed by atoms with Gasteiger partial charge in [0.2, 0.25) is 10.0 Å². The van der Waals surface area contributed by atoms with Crippen molar-refractivity contribution in [2.24, 2.45) is 0 Å². The second-order valence-electron chi connectivity index (χ2n) is 4.43. The molecule has 0 radical (unpaired) electrons. The highest BCUT2D eigenvalue weighted by molar-refractivity contribution is 7.89. The summed E-state index contributed by atoms with van der Waals surface area (Å²) >= 11 is 0. The SMILES string of the molecule is COc1ccc(N)cc1CN1CCCCS1(=O)=O. The van der Waals surface area contributed by atoms with Gasteiger partial charge >= 0.3 is 0 Å². The van der Waals surface area contributed by atoms with Gasteiger partial charge in [-0.1, -0.05) is 0 Å². The van der Waals surface area contributed by atoms with Gasteiger partial charge in [0.25, 0.3) is 0 Å². The summed E-state index contributed by atoms with van der Waals surface area (Å²) in [5, 5.41) is 0. The van der Waals surface area contributed by atoms with Gasteiger partial charge in [-0.15, -0.1) is 0 Å². The van der Waals surface area contributed by atoms with E-state index in [1.807, 2.05) is 0 Å². The number of hydrogen-bond donors (Lipinski definition) is 1. The summed E-state index contributed by atoms with van der Waals surface area (Å²) in [7, 11) is -1.55. The summed E-state index contributed by atoms with van der Waals surface area (Å²) in [4.78, 5) is 0. The van der Waals surface area contributed by atoms with Gasteiger partial charge in [-0.3, -0.25) is 0 Å². The van der Waals surface area contributed by atoms with Crippen molar-refractivity contribution in [3.05, 3.63) is 23.8 Å². The first-order valence-electron chi connectivity index (χ1n) is 5.93. The molecule has 1 fully saturated rings. The third-order valence-corrected chi connectivity index (χ3v) is 5.01. The van der Waals surface area contributed by atoms with E-state index in [2.05, 4.69) is 0 Å². The van der Waals surface area contributed by atoms with E-state index in [9.17, 15) is 8.42 Å². The van der Waals surface area contributed by atoms with E-state index < -0.39 is 10.0 Å². The third-order valence-electron chi connectivity index (χ3n) is 3.10. The Balaban J connectivity index is 2.25. The Hall–Kier alpha value is -1.27. The van der Waals surface area contributed by atoms with Crippen molar-refractivity contribution in [3.63, 3.8) is 0 Å². The van der Waals surface area contributed by atoms with Crippen LogP contribution in [0.15, 0.2) is 18.2 Å². The first-order chi connectivity index (χ1) is 8.53. The molecule has 1 aliphatic heterocycles. The lowest BCUT2D eigenvalue weighted by molar-refractivity contribution is 0.363. The van der Waals surface area contributed by atoms with E-state index in [1.54, 1.807) is 25.3 Å². The molecule has 0 aliphatic carbocycles. The average molecular weight is 270 g/mol. The maximum absolute atomic E-state index is 11.9. The van der Waals surface area contributed by atoms with E-state index in [-0.39, 0.29) is 5.75 Å². The van der Waals surface area contributed by atoms with Crippen molar-refractivity contribution in [1.82, 2.24) is 4.31 Å². The number of benzene rings is 1. The number of rotatable bonds is 3. The summed E-state index contributed by atoms with van der Waals surface area (Å²) in [5.41, 5.74) is 7.15. The van der Waals surface area contributed by atoms with Crippen LogP contribution in [0.25, 0.3) is 0 Å². The van der Waals surface area contributed by atoms with Crippen molar-refractivity contribution < 1.29 is 13.2 Å². The number of nitrogen functional groups attached to an aromatic ring is 1. The van der Waals surface area contributed by atoms with Crippen molar-refractivity contribution in [3.8, 4) is 5.75 Å². The normalized spacial score (nSPS) is 19.6. The molecule has 2 N–H and O–H groups in total. The van der Waals surface area contributed by atoms with Crippen LogP contribution >= 0.6 is 0 Å². The van der Waals surface area contributed by atoms with Crippen LogP contribution in [0.1, 0.15) is 18.4 Å². The molecule has 1 aromatic carbocycles. The maximum atomic E-state index is 11.9. The number of ether oxygens (including phenoxy) is 1. The Morgan fingerprint density at radius 2 is 2.17 bits per heavy atom. The molecule has 0 amide bonds. The van der Waals surface area contributed by atoms with Gasteiger partial charge in [-0.05, 0) is 31.0 Å². The lowest BCUT2D eigenvalue weighted by Gasteiger charge is -2.26. The molecule has 0 saturated carbocycles. The predicted octanol–water partition coefficient (Wildman–Crippen LogP) is 1.20. The number of anilines is 1. The molecule has 0 bridgehead atoms. The lowest BCUT2D eigenvalue weighted by atomic mass is 10.1. The van der Waals surface area contributed by atoms with Gasteiger partial charge in [0.1, 0.15) is 5.75 Å². The van der Waals surface area contributed by atoms with E-state index in [1.165, 1.54) is 4.31 Å². The fraction of sp³-hybridized carbons (Fsp3) is 0.500. The Kier molecular flexibility index (Phi) is 3.77. The van der Waals surface area contributed by atoms with Crippen LogP contribution < -0.4 is 10.5 Å². The Morgan fingerprint density at radius 1 is 1.39 bits per heavy atom. The molecule has 1 aliphatic rings. The van der Waals surface area contributed by atoms with Crippen LogP contribution in [0, 0.1) is 0 Å². The molecule has 18 heavy (non-hydrogen) atoms. The first kappa shape index (κ1) is 13.2. The molecule has 0 spiro atoms. The predicted molar refractivity (Wildman–Crippen MR) is 70.8 cm³/mol. The fourth-order valence-electron chi connectivity index (χ4n) is 2.13. The summed E-state index contributed by atoms with van der Waals surface area (Å²) in [6.07, 6.45) is 1.65. The van der Waals surface area contributed by atoms with E-state index in [0.717, 1.165) is 18.4 Å². The van der Waals surface area contributed by atoms with E-state index in [4.69, 9.17) is 10.5 Å². The van der Waals surface area contributed by atoms with E-state index >= 15 is 0 Å². The van der Waals surface area contributed by atoms with Crippen LogP contribution in [0.4, 0.5) is 5.69 Å². The molecule has 6 heteroatoms. The number of hydrogen-bond acceptors (Lipinski definition) is 4. The Morgan fingerprint density at radius 3 is 2.83 bits per heavy atom. The largest absolute Gasteiger partial charge is 0.496 e. The highest BCUT2D eigenvalue weighted by atomic mass is 32.2. The summed E-state index contributed by atoms with van der Waals surface area (Å²) in [6.45, 7) is 0.900. The number of nitrogens with two attached hydrogens (primary N) is 1. The minimum absolute atomic E-state index is 0.234.